The molecular weight excluding hydrogens is 556 g/mol. The van der Waals surface area contributed by atoms with Gasteiger partial charge in [0.2, 0.25) is 5.91 Å². The number of carboxylic acids is 1. The van der Waals surface area contributed by atoms with Gasteiger partial charge in [0.1, 0.15) is 17.4 Å². The minimum Gasteiger partial charge on any atom is -0.497 e. The lowest BCUT2D eigenvalue weighted by molar-refractivity contribution is -0.151. The van der Waals surface area contributed by atoms with Crippen LogP contribution in [0.2, 0.25) is 0 Å². The van der Waals surface area contributed by atoms with Crippen LogP contribution in [-0.2, 0) is 19.1 Å². The molecular formula is C28H29BrN2O7. The first kappa shape index (κ1) is 26.4. The van der Waals surface area contributed by atoms with Crippen LogP contribution in [0, 0.1) is 11.8 Å². The summed E-state index contributed by atoms with van der Waals surface area (Å²) in [6.45, 7) is 3.49. The van der Waals surface area contributed by atoms with Crippen molar-refractivity contribution in [1.82, 2.24) is 4.90 Å². The predicted octanol–water partition coefficient (Wildman–Crippen LogP) is 2.78. The zero-order valence-electron chi connectivity index (χ0n) is 20.8. The number of halogens is 1. The largest absolute Gasteiger partial charge is 0.497 e. The molecule has 2 bridgehead atoms. The molecule has 0 aromatic heterocycles. The summed E-state index contributed by atoms with van der Waals surface area (Å²) in [5.74, 6) is -3.66. The average molecular weight is 585 g/mol. The molecule has 2 amide bonds. The Labute approximate surface area is 228 Å². The second-order valence-electron chi connectivity index (χ2n) is 9.79. The van der Waals surface area contributed by atoms with Gasteiger partial charge in [-0.25, -0.2) is 0 Å². The molecule has 3 aliphatic heterocycles. The van der Waals surface area contributed by atoms with Crippen LogP contribution in [0.4, 0.5) is 5.69 Å². The van der Waals surface area contributed by atoms with Crippen molar-refractivity contribution in [1.29, 1.82) is 0 Å². The maximum Gasteiger partial charge on any atom is 0.310 e. The molecule has 0 aliphatic carbocycles. The summed E-state index contributed by atoms with van der Waals surface area (Å²) < 4.78 is 11.6. The highest BCUT2D eigenvalue weighted by Gasteiger charge is 2.77. The fourth-order valence-electron chi connectivity index (χ4n) is 6.36. The topological polar surface area (TPSA) is 117 Å². The third kappa shape index (κ3) is 3.93. The lowest BCUT2D eigenvalue weighted by Gasteiger charge is -2.39. The molecule has 3 heterocycles. The Morgan fingerprint density at radius 3 is 2.53 bits per heavy atom. The number of fused-ring (bicyclic) bond motifs is 1. The first-order valence-electron chi connectivity index (χ1n) is 12.4. The first-order chi connectivity index (χ1) is 18.3. The molecule has 1 spiro atoms. The number of amides is 2. The molecule has 9 nitrogen and oxygen atoms in total. The number of nitrogens with zero attached hydrogens (tertiary/aromatic N) is 2. The number of ether oxygens (including phenoxy) is 2. The van der Waals surface area contributed by atoms with Crippen molar-refractivity contribution in [2.75, 3.05) is 25.2 Å². The minimum absolute atomic E-state index is 0.142. The van der Waals surface area contributed by atoms with Gasteiger partial charge in [0, 0.05) is 17.1 Å². The van der Waals surface area contributed by atoms with Crippen LogP contribution in [0.5, 0.6) is 5.75 Å². The molecule has 10 heteroatoms. The van der Waals surface area contributed by atoms with Crippen molar-refractivity contribution >= 4 is 39.4 Å². The van der Waals surface area contributed by atoms with Crippen molar-refractivity contribution in [3.8, 4) is 5.75 Å². The van der Waals surface area contributed by atoms with Crippen LogP contribution < -0.4 is 9.64 Å². The van der Waals surface area contributed by atoms with Crippen molar-refractivity contribution in [2.45, 2.75) is 35.0 Å². The van der Waals surface area contributed by atoms with Gasteiger partial charge in [0.05, 0.1) is 37.7 Å². The van der Waals surface area contributed by atoms with Crippen LogP contribution in [-0.4, -0.2) is 75.7 Å². The van der Waals surface area contributed by atoms with Crippen molar-refractivity contribution in [3.05, 3.63) is 72.8 Å². The Morgan fingerprint density at radius 2 is 1.95 bits per heavy atom. The number of rotatable bonds is 9. The highest BCUT2D eigenvalue weighted by atomic mass is 79.9. The third-order valence-corrected chi connectivity index (χ3v) is 8.75. The van der Waals surface area contributed by atoms with E-state index in [1.54, 1.807) is 61.7 Å². The smallest absolute Gasteiger partial charge is 0.310 e. The number of hydrogen-bond donors (Lipinski definition) is 2. The first-order valence-corrected chi connectivity index (χ1v) is 13.3. The Balaban J connectivity index is 1.65. The molecule has 2 aromatic rings. The number of hydrogen-bond acceptors (Lipinski definition) is 6. The summed E-state index contributed by atoms with van der Waals surface area (Å²) in [5, 5.41) is 20.6. The summed E-state index contributed by atoms with van der Waals surface area (Å²) in [5.41, 5.74) is -0.181. The quantitative estimate of drug-likeness (QED) is 0.344. The SMILES string of the molecule is C=CCN(C(=O)C1N([C@H](CO)c2ccccc2)C(=O)[C@@H]2[C@@H](C(=O)O)[C@@H]3OC12CC3Br)c1ccc(OC)cc1. The number of likely N-dealkylation sites (tertiary alicyclic amines) is 1. The van der Waals surface area contributed by atoms with E-state index >= 15 is 0 Å². The number of benzene rings is 2. The number of aliphatic carboxylic acids is 1. The van der Waals surface area contributed by atoms with Gasteiger partial charge >= 0.3 is 5.97 Å². The normalized spacial score (nSPS) is 30.1. The van der Waals surface area contributed by atoms with E-state index in [0.29, 0.717) is 17.0 Å². The van der Waals surface area contributed by atoms with E-state index in [-0.39, 0.29) is 17.8 Å². The maximum absolute atomic E-state index is 14.5. The number of anilines is 1. The van der Waals surface area contributed by atoms with E-state index in [0.717, 1.165) is 0 Å². The van der Waals surface area contributed by atoms with E-state index < -0.39 is 60.0 Å². The number of alkyl halides is 1. The molecule has 38 heavy (non-hydrogen) atoms. The summed E-state index contributed by atoms with van der Waals surface area (Å²) >= 11 is 3.56. The Morgan fingerprint density at radius 1 is 1.26 bits per heavy atom. The van der Waals surface area contributed by atoms with Gasteiger partial charge in [-0.05, 0) is 36.2 Å². The zero-order valence-corrected chi connectivity index (χ0v) is 22.4. The second kappa shape index (κ2) is 10.2. The number of carboxylic acid groups (broad SMARTS) is 1. The van der Waals surface area contributed by atoms with E-state index in [9.17, 15) is 24.6 Å². The zero-order chi connectivity index (χ0) is 27.2. The monoisotopic (exact) mass is 584 g/mol. The van der Waals surface area contributed by atoms with Gasteiger partial charge in [-0.2, -0.15) is 0 Å². The minimum atomic E-state index is -1.37. The van der Waals surface area contributed by atoms with Crippen molar-refractivity contribution in [2.24, 2.45) is 11.8 Å². The number of carbonyl (C=O) groups is 3. The summed E-state index contributed by atoms with van der Waals surface area (Å²) in [6.07, 6.45) is 1.11. The van der Waals surface area contributed by atoms with Gasteiger partial charge < -0.3 is 29.5 Å². The van der Waals surface area contributed by atoms with Crippen LogP contribution in [0.1, 0.15) is 18.0 Å². The molecule has 3 unspecified atom stereocenters. The van der Waals surface area contributed by atoms with Gasteiger partial charge in [0.15, 0.2) is 0 Å². The fourth-order valence-corrected chi connectivity index (χ4v) is 7.30. The summed E-state index contributed by atoms with van der Waals surface area (Å²) in [7, 11) is 1.55. The van der Waals surface area contributed by atoms with Crippen molar-refractivity contribution in [3.63, 3.8) is 0 Å². The highest BCUT2D eigenvalue weighted by Crippen LogP contribution is 2.61. The lowest BCUT2D eigenvalue weighted by atomic mass is 9.70. The van der Waals surface area contributed by atoms with E-state index in [1.807, 2.05) is 6.07 Å². The molecule has 3 saturated heterocycles. The third-order valence-electron chi connectivity index (χ3n) is 7.90. The van der Waals surface area contributed by atoms with Crippen LogP contribution >= 0.6 is 15.9 Å². The lowest BCUT2D eigenvalue weighted by Crippen LogP contribution is -2.57. The number of aliphatic hydroxyl groups is 1. The second-order valence-corrected chi connectivity index (χ2v) is 11.0. The van der Waals surface area contributed by atoms with Crippen LogP contribution in [0.3, 0.4) is 0 Å². The van der Waals surface area contributed by atoms with E-state index in [2.05, 4.69) is 22.5 Å². The molecule has 2 N–H and O–H groups in total. The summed E-state index contributed by atoms with van der Waals surface area (Å²) in [6, 6.07) is 13.8. The molecule has 0 saturated carbocycles. The molecule has 3 aliphatic rings. The van der Waals surface area contributed by atoms with E-state index in [4.69, 9.17) is 9.47 Å². The molecule has 2 aromatic carbocycles. The average Bonchev–Trinajstić information content (AvgIpc) is 3.52. The maximum atomic E-state index is 14.5. The van der Waals surface area contributed by atoms with Gasteiger partial charge in [0.25, 0.3) is 5.91 Å². The molecule has 200 valence electrons. The molecule has 0 radical (unpaired) electrons. The summed E-state index contributed by atoms with van der Waals surface area (Å²) in [4.78, 5) is 43.6. The Kier molecular flexibility index (Phi) is 7.06. The van der Waals surface area contributed by atoms with E-state index in [1.165, 1.54) is 9.80 Å². The number of methoxy groups -OCH3 is 1. The Bertz CT molecular complexity index is 1240. The molecule has 5 rings (SSSR count). The standard InChI is InChI=1S/C28H29BrN2O7/c1-3-13-30(17-9-11-18(37-2)12-10-17)26(34)24-28-14-19(29)23(38-28)21(27(35)36)22(28)25(33)31(24)20(15-32)16-7-5-4-6-8-16/h3-12,19-24,32H,1,13-15H2,2H3,(H,35,36)/t19?,20-,21-,22+,23-,24?,28?/m1/s1. The van der Waals surface area contributed by atoms with Crippen LogP contribution in [0.25, 0.3) is 0 Å². The van der Waals surface area contributed by atoms with Gasteiger partial charge in [-0.3, -0.25) is 14.4 Å². The number of carbonyl (C=O) groups excluding carboxylic acids is 2. The van der Waals surface area contributed by atoms with Gasteiger partial charge in [-0.1, -0.05) is 52.3 Å². The fraction of sp³-hybridized carbons (Fsp3) is 0.393. The van der Waals surface area contributed by atoms with Gasteiger partial charge in [-0.15, -0.1) is 6.58 Å². The predicted molar refractivity (Wildman–Crippen MR) is 142 cm³/mol. The number of aliphatic hydroxyl groups excluding tert-OH is 1. The highest BCUT2D eigenvalue weighted by molar-refractivity contribution is 9.09. The molecule has 7 atom stereocenters. The Hall–Kier alpha value is -3.21. The van der Waals surface area contributed by atoms with Crippen molar-refractivity contribution < 1.29 is 34.1 Å². The van der Waals surface area contributed by atoms with Crippen LogP contribution in [0.15, 0.2) is 67.3 Å². The molecule has 3 fully saturated rings.